The molecule has 3 rings (SSSR count). The number of hydrogen-bond acceptors (Lipinski definition) is 2. The molecule has 2 heteroatoms. The fraction of sp³-hybridized carbons (Fsp3) is 0.833. The number of rotatable bonds is 2. The maximum absolute atomic E-state index is 3.32. The molecule has 0 aromatic rings. The Morgan fingerprint density at radius 3 is 2.64 bits per heavy atom. The van der Waals surface area contributed by atoms with Crippen LogP contribution in [0, 0.1) is 5.41 Å². The second kappa shape index (κ2) is 3.07. The Morgan fingerprint density at radius 2 is 2.14 bits per heavy atom. The minimum Gasteiger partial charge on any atom is -0.309 e. The molecule has 1 saturated carbocycles. The van der Waals surface area contributed by atoms with Gasteiger partial charge in [0.25, 0.3) is 0 Å². The maximum atomic E-state index is 3.32. The molecule has 1 spiro atoms. The number of nitrogens with one attached hydrogen (secondary N) is 1. The summed E-state index contributed by atoms with van der Waals surface area (Å²) in [6.45, 7) is 8.56. The molecule has 2 aliphatic heterocycles. The molecule has 0 amide bonds. The second-order valence-electron chi connectivity index (χ2n) is 5.45. The molecule has 3 fully saturated rings. The van der Waals surface area contributed by atoms with E-state index in [-0.39, 0.29) is 0 Å². The van der Waals surface area contributed by atoms with Crippen LogP contribution in [-0.4, -0.2) is 37.6 Å². The van der Waals surface area contributed by atoms with Crippen LogP contribution in [0.2, 0.25) is 0 Å². The van der Waals surface area contributed by atoms with Crippen molar-refractivity contribution in [2.45, 2.75) is 26.2 Å². The molecule has 0 bridgehead atoms. The van der Waals surface area contributed by atoms with Crippen molar-refractivity contribution in [1.82, 2.24) is 10.2 Å². The van der Waals surface area contributed by atoms with Gasteiger partial charge in [-0.05, 0) is 43.7 Å². The predicted octanol–water partition coefficient (Wildman–Crippen LogP) is 1.39. The highest BCUT2D eigenvalue weighted by Crippen LogP contribution is 2.52. The smallest absolute Gasteiger partial charge is 0.0193 e. The van der Waals surface area contributed by atoms with Gasteiger partial charge in [-0.25, -0.2) is 0 Å². The zero-order valence-corrected chi connectivity index (χ0v) is 9.10. The Hall–Kier alpha value is -0.340. The van der Waals surface area contributed by atoms with E-state index in [1.807, 2.05) is 0 Å². The van der Waals surface area contributed by atoms with E-state index in [0.717, 1.165) is 18.5 Å². The summed E-state index contributed by atoms with van der Waals surface area (Å²) in [5.41, 5.74) is 4.08. The maximum Gasteiger partial charge on any atom is 0.0193 e. The van der Waals surface area contributed by atoms with Crippen molar-refractivity contribution < 1.29 is 0 Å². The summed E-state index contributed by atoms with van der Waals surface area (Å²) in [6, 6.07) is 0. The van der Waals surface area contributed by atoms with Gasteiger partial charge >= 0.3 is 0 Å². The van der Waals surface area contributed by atoms with Crippen LogP contribution >= 0.6 is 0 Å². The molecule has 2 saturated heterocycles. The van der Waals surface area contributed by atoms with Gasteiger partial charge in [-0.2, -0.15) is 0 Å². The van der Waals surface area contributed by atoms with Gasteiger partial charge in [0.1, 0.15) is 0 Å². The normalized spacial score (nSPS) is 29.4. The van der Waals surface area contributed by atoms with Crippen LogP contribution in [0.15, 0.2) is 11.1 Å². The second-order valence-corrected chi connectivity index (χ2v) is 5.45. The summed E-state index contributed by atoms with van der Waals surface area (Å²) >= 11 is 0. The minimum atomic E-state index is 0.794. The van der Waals surface area contributed by atoms with Crippen molar-refractivity contribution in [1.29, 1.82) is 0 Å². The topological polar surface area (TPSA) is 15.3 Å². The average molecular weight is 192 g/mol. The lowest BCUT2D eigenvalue weighted by molar-refractivity contribution is 0.344. The Labute approximate surface area is 86.4 Å². The van der Waals surface area contributed by atoms with Crippen molar-refractivity contribution >= 4 is 0 Å². The van der Waals surface area contributed by atoms with Gasteiger partial charge in [-0.3, -0.25) is 4.90 Å². The molecule has 1 N–H and O–H groups in total. The lowest BCUT2D eigenvalue weighted by atomic mass is 10.0. The van der Waals surface area contributed by atoms with E-state index in [2.05, 4.69) is 17.1 Å². The van der Waals surface area contributed by atoms with Crippen LogP contribution < -0.4 is 5.32 Å². The first-order chi connectivity index (χ1) is 6.77. The molecular weight excluding hydrogens is 172 g/mol. The van der Waals surface area contributed by atoms with Crippen molar-refractivity contribution in [2.24, 2.45) is 5.41 Å². The Kier molecular flexibility index (Phi) is 1.96. The third-order valence-corrected chi connectivity index (χ3v) is 4.22. The van der Waals surface area contributed by atoms with Gasteiger partial charge in [0.15, 0.2) is 0 Å². The Balaban J connectivity index is 1.57. The highest BCUT2D eigenvalue weighted by atomic mass is 15.2. The minimum absolute atomic E-state index is 0.794. The molecule has 0 radical (unpaired) electrons. The first-order valence-corrected chi connectivity index (χ1v) is 5.88. The van der Waals surface area contributed by atoms with E-state index in [4.69, 9.17) is 0 Å². The lowest BCUT2D eigenvalue weighted by Crippen LogP contribution is -2.36. The van der Waals surface area contributed by atoms with E-state index in [9.17, 15) is 0 Å². The largest absolute Gasteiger partial charge is 0.309 e. The molecule has 78 valence electrons. The van der Waals surface area contributed by atoms with Crippen molar-refractivity contribution in [2.75, 3.05) is 32.7 Å². The first-order valence-electron chi connectivity index (χ1n) is 5.88. The van der Waals surface area contributed by atoms with Crippen molar-refractivity contribution in [3.05, 3.63) is 11.1 Å². The van der Waals surface area contributed by atoms with Gasteiger partial charge in [0.2, 0.25) is 0 Å². The van der Waals surface area contributed by atoms with E-state index in [0.29, 0.717) is 0 Å². The van der Waals surface area contributed by atoms with Crippen LogP contribution in [-0.2, 0) is 0 Å². The number of nitrogens with zero attached hydrogens (tertiary/aromatic N) is 1. The van der Waals surface area contributed by atoms with Crippen LogP contribution in [0.5, 0.6) is 0 Å². The van der Waals surface area contributed by atoms with Crippen LogP contribution in [0.3, 0.4) is 0 Å². The predicted molar refractivity (Wildman–Crippen MR) is 58.3 cm³/mol. The molecule has 2 heterocycles. The summed E-state index contributed by atoms with van der Waals surface area (Å²) in [5.74, 6) is 0. The molecule has 14 heavy (non-hydrogen) atoms. The summed E-state index contributed by atoms with van der Waals surface area (Å²) < 4.78 is 0. The lowest BCUT2D eigenvalue weighted by Gasteiger charge is -2.25. The third-order valence-electron chi connectivity index (χ3n) is 4.22. The Bertz CT molecular complexity index is 270. The van der Waals surface area contributed by atoms with Crippen molar-refractivity contribution in [3.63, 3.8) is 0 Å². The average Bonchev–Trinajstić information content (AvgIpc) is 2.65. The molecule has 0 aromatic carbocycles. The fourth-order valence-electron chi connectivity index (χ4n) is 2.75. The van der Waals surface area contributed by atoms with E-state index in [1.165, 1.54) is 38.9 Å². The first kappa shape index (κ1) is 8.93. The highest BCUT2D eigenvalue weighted by molar-refractivity contribution is 5.22. The Morgan fingerprint density at radius 1 is 1.36 bits per heavy atom. The summed E-state index contributed by atoms with van der Waals surface area (Å²) in [6.07, 6.45) is 4.47. The van der Waals surface area contributed by atoms with Gasteiger partial charge in [0.05, 0.1) is 0 Å². The molecule has 0 aromatic heterocycles. The molecule has 2 nitrogen and oxygen atoms in total. The van der Waals surface area contributed by atoms with Crippen LogP contribution in [0.4, 0.5) is 0 Å². The summed E-state index contributed by atoms with van der Waals surface area (Å²) in [4.78, 5) is 2.66. The molecule has 3 aliphatic rings. The number of likely N-dealkylation sites (tertiary alicyclic amines) is 1. The van der Waals surface area contributed by atoms with Crippen LogP contribution in [0.25, 0.3) is 0 Å². The fourth-order valence-corrected chi connectivity index (χ4v) is 2.75. The van der Waals surface area contributed by atoms with E-state index < -0.39 is 0 Å². The zero-order valence-electron chi connectivity index (χ0n) is 9.10. The van der Waals surface area contributed by atoms with Crippen molar-refractivity contribution in [3.8, 4) is 0 Å². The molecule has 0 atom stereocenters. The number of hydrogen-bond donors (Lipinski definition) is 1. The van der Waals surface area contributed by atoms with Gasteiger partial charge in [-0.15, -0.1) is 0 Å². The zero-order chi connectivity index (χ0) is 9.60. The molecular formula is C12H20N2. The monoisotopic (exact) mass is 192 g/mol. The standard InChI is InChI=1S/C12H20N2/c1-10(11-6-13-7-11)8-14-5-4-12(9-14)2-3-12/h13H,2-9H2,1H3. The van der Waals surface area contributed by atoms with Gasteiger partial charge in [-0.1, -0.05) is 5.57 Å². The molecule has 0 unspecified atom stereocenters. The third kappa shape index (κ3) is 1.51. The highest BCUT2D eigenvalue weighted by Gasteiger charge is 2.47. The SMILES string of the molecule is CC(CN1CCC2(CC2)C1)=C1CNC1. The summed E-state index contributed by atoms with van der Waals surface area (Å²) in [5, 5.41) is 3.32. The quantitative estimate of drug-likeness (QED) is 0.665. The summed E-state index contributed by atoms with van der Waals surface area (Å²) in [7, 11) is 0. The molecule has 1 aliphatic carbocycles. The van der Waals surface area contributed by atoms with Crippen LogP contribution in [0.1, 0.15) is 26.2 Å². The van der Waals surface area contributed by atoms with E-state index in [1.54, 1.807) is 11.1 Å². The van der Waals surface area contributed by atoms with E-state index >= 15 is 0 Å². The van der Waals surface area contributed by atoms with Gasteiger partial charge < -0.3 is 5.32 Å². The van der Waals surface area contributed by atoms with Gasteiger partial charge in [0, 0.05) is 26.2 Å².